The van der Waals surface area contributed by atoms with Crippen LogP contribution >= 0.6 is 0 Å². The summed E-state index contributed by atoms with van der Waals surface area (Å²) < 4.78 is 36.6. The Labute approximate surface area is 271 Å². The van der Waals surface area contributed by atoms with Crippen molar-refractivity contribution in [1.29, 1.82) is 0 Å². The summed E-state index contributed by atoms with van der Waals surface area (Å²) in [6.07, 6.45) is 5.02. The van der Waals surface area contributed by atoms with E-state index in [1.165, 1.54) is 17.4 Å². The van der Waals surface area contributed by atoms with Crippen LogP contribution in [0.3, 0.4) is 0 Å². The molecule has 6 rings (SSSR count). The Morgan fingerprint density at radius 1 is 0.860 bits per heavy atom. The second kappa shape index (κ2) is 13.4. The van der Waals surface area contributed by atoms with Gasteiger partial charge in [-0.3, -0.25) is 0 Å². The van der Waals surface area contributed by atoms with Gasteiger partial charge in [-0.2, -0.15) is 0 Å². The Morgan fingerprint density at radius 3 is 2.30 bits per heavy atom. The monoisotopic (exact) mass is 768 g/mol. The van der Waals surface area contributed by atoms with E-state index < -0.39 is 19.9 Å². The predicted octanol–water partition coefficient (Wildman–Crippen LogP) is 9.32. The molecule has 223 valence electrons. The van der Waals surface area contributed by atoms with Crippen LogP contribution in [0, 0.1) is 17.9 Å². The fourth-order valence-corrected chi connectivity index (χ4v) is 6.44. The van der Waals surface area contributed by atoms with Gasteiger partial charge in [0.1, 0.15) is 5.82 Å². The minimum Gasteiger partial charge on any atom is -0.486 e. The number of hydrogen-bond donors (Lipinski definition) is 0. The molecule has 0 saturated carbocycles. The molecule has 0 aliphatic heterocycles. The van der Waals surface area contributed by atoms with Gasteiger partial charge >= 0.3 is 0 Å². The molecule has 4 aromatic heterocycles. The summed E-state index contributed by atoms with van der Waals surface area (Å²) >= 11 is 0. The summed E-state index contributed by atoms with van der Waals surface area (Å²) in [7, 11) is -1.50. The Balaban J connectivity index is 0.000000204. The molecule has 0 fully saturated rings. The van der Waals surface area contributed by atoms with Crippen molar-refractivity contribution in [2.45, 2.75) is 59.1 Å². The number of benzene rings is 2. The summed E-state index contributed by atoms with van der Waals surface area (Å²) in [6.45, 7) is 14.4. The molecule has 4 nitrogen and oxygen atoms in total. The van der Waals surface area contributed by atoms with Gasteiger partial charge in [-0.1, -0.05) is 81.5 Å². The minimum absolute atomic E-state index is 0. The van der Waals surface area contributed by atoms with Crippen LogP contribution in [0.15, 0.2) is 83.7 Å². The first kappa shape index (κ1) is 29.6. The largest absolute Gasteiger partial charge is 0.486 e. The molecule has 0 saturated heterocycles. The van der Waals surface area contributed by atoms with Crippen LogP contribution in [-0.4, -0.2) is 23.0 Å². The SMILES string of the molecule is [2H]C(C)(C)c1cc(-c2[c-]cccc2)ncc1[Si](C)(C)C.[2H]C(C)(C)c1ccnc(-c2[c-]ccc3c2oc2nccc(F)c23)c1.[Ir]. The van der Waals surface area contributed by atoms with Gasteiger partial charge in [-0.05, 0) is 40.5 Å². The quantitative estimate of drug-likeness (QED) is 0.130. The zero-order valence-electron chi connectivity index (χ0n) is 27.5. The molecule has 0 aliphatic rings. The molecule has 7 heteroatoms. The molecule has 0 N–H and O–H groups in total. The van der Waals surface area contributed by atoms with E-state index in [4.69, 9.17) is 7.16 Å². The van der Waals surface area contributed by atoms with Crippen molar-refractivity contribution >= 4 is 35.3 Å². The van der Waals surface area contributed by atoms with Gasteiger partial charge in [0.25, 0.3) is 0 Å². The van der Waals surface area contributed by atoms with Crippen molar-refractivity contribution in [3.8, 4) is 22.5 Å². The average molecular weight is 768 g/mol. The van der Waals surface area contributed by atoms with Crippen molar-refractivity contribution in [3.63, 3.8) is 0 Å². The van der Waals surface area contributed by atoms with E-state index in [1.54, 1.807) is 18.3 Å². The average Bonchev–Trinajstić information content (AvgIpc) is 3.36. The van der Waals surface area contributed by atoms with Crippen molar-refractivity contribution in [1.82, 2.24) is 15.0 Å². The van der Waals surface area contributed by atoms with Gasteiger partial charge in [-0.25, -0.2) is 9.37 Å². The van der Waals surface area contributed by atoms with Crippen LogP contribution in [0.2, 0.25) is 19.6 Å². The molecule has 0 spiro atoms. The predicted molar refractivity (Wildman–Crippen MR) is 173 cm³/mol. The number of nitrogens with zero attached hydrogens (tertiary/aromatic N) is 3. The minimum atomic E-state index is -1.50. The van der Waals surface area contributed by atoms with Crippen molar-refractivity contribution in [3.05, 3.63) is 108 Å². The summed E-state index contributed by atoms with van der Waals surface area (Å²) in [5, 5.41) is 2.28. The van der Waals surface area contributed by atoms with Gasteiger partial charge < -0.3 is 14.4 Å². The number of pyridine rings is 3. The zero-order chi connectivity index (χ0) is 31.9. The van der Waals surface area contributed by atoms with Crippen LogP contribution in [0.5, 0.6) is 0 Å². The van der Waals surface area contributed by atoms with E-state index in [0.29, 0.717) is 27.6 Å². The molecule has 1 radical (unpaired) electrons. The van der Waals surface area contributed by atoms with E-state index in [2.05, 4.69) is 52.8 Å². The second-order valence-electron chi connectivity index (χ2n) is 11.7. The van der Waals surface area contributed by atoms with E-state index in [1.807, 2.05) is 70.3 Å². The fraction of sp³-hybridized carbons (Fsp3) is 0.250. The Bertz CT molecular complexity index is 1940. The van der Waals surface area contributed by atoms with Gasteiger partial charge in [0.05, 0.1) is 19.0 Å². The molecule has 0 aliphatic carbocycles. The van der Waals surface area contributed by atoms with Gasteiger partial charge in [-0.15, -0.1) is 54.1 Å². The Kier molecular flexibility index (Phi) is 9.22. The molecule has 0 bridgehead atoms. The summed E-state index contributed by atoms with van der Waals surface area (Å²) in [5.41, 5.74) is 5.84. The van der Waals surface area contributed by atoms with Gasteiger partial charge in [0.2, 0.25) is 5.71 Å². The van der Waals surface area contributed by atoms with Crippen LogP contribution in [0.25, 0.3) is 44.6 Å². The van der Waals surface area contributed by atoms with E-state index in [0.717, 1.165) is 22.4 Å². The standard InChI is InChI=1S/C19H14FN2O.C17H22NSi.Ir/c1-11(2)12-6-8-21-16(10-12)13-4-3-5-14-17-15(20)7-9-22-19(17)23-18(13)14;1-13(2)15-11-16(14-9-7-6-8-10-14)18-12-17(15)19(3,4)5;/h3,5-11H,1-2H3;6-9,11-13H,1-5H3;/q2*-1;/i11D;13D;. The molecular weight excluding hydrogens is 730 g/mol. The Hall–Kier alpha value is -3.51. The topological polar surface area (TPSA) is 51.8 Å². The maximum Gasteiger partial charge on any atom is 0.219 e. The third-order valence-electron chi connectivity index (χ3n) is 7.11. The maximum absolute atomic E-state index is 14.2. The summed E-state index contributed by atoms with van der Waals surface area (Å²) in [4.78, 5) is 13.1. The zero-order valence-corrected chi connectivity index (χ0v) is 28.9. The summed E-state index contributed by atoms with van der Waals surface area (Å²) in [5.74, 6) is -1.72. The van der Waals surface area contributed by atoms with Crippen molar-refractivity contribution in [2.75, 3.05) is 0 Å². The number of fused-ring (bicyclic) bond motifs is 3. The third kappa shape index (κ3) is 7.01. The van der Waals surface area contributed by atoms with Crippen LogP contribution < -0.4 is 5.19 Å². The number of hydrogen-bond acceptors (Lipinski definition) is 4. The molecule has 0 amide bonds. The van der Waals surface area contributed by atoms with E-state index in [9.17, 15) is 4.39 Å². The smallest absolute Gasteiger partial charge is 0.219 e. The first-order valence-electron chi connectivity index (χ1n) is 15.0. The molecular formula is C36H36FIrN3OSi-2. The van der Waals surface area contributed by atoms with E-state index in [-0.39, 0.29) is 31.6 Å². The Morgan fingerprint density at radius 2 is 1.63 bits per heavy atom. The van der Waals surface area contributed by atoms with Gasteiger partial charge in [0.15, 0.2) is 0 Å². The summed E-state index contributed by atoms with van der Waals surface area (Å²) in [6, 6.07) is 24.7. The molecule has 43 heavy (non-hydrogen) atoms. The van der Waals surface area contributed by atoms with Crippen molar-refractivity contribution < 1.29 is 31.7 Å². The fourth-order valence-electron chi connectivity index (χ4n) is 4.86. The molecule has 6 aromatic rings. The van der Waals surface area contributed by atoms with Crippen LogP contribution in [-0.2, 0) is 20.1 Å². The maximum atomic E-state index is 14.2. The number of furan rings is 1. The normalized spacial score (nSPS) is 12.7. The number of halogens is 1. The van der Waals surface area contributed by atoms with Gasteiger partial charge in [0, 0.05) is 41.4 Å². The number of rotatable bonds is 5. The first-order chi connectivity index (χ1) is 20.6. The third-order valence-corrected chi connectivity index (χ3v) is 9.13. The number of aromatic nitrogens is 3. The van der Waals surface area contributed by atoms with Crippen LogP contribution in [0.1, 0.15) is 53.4 Å². The van der Waals surface area contributed by atoms with Crippen molar-refractivity contribution in [2.24, 2.45) is 0 Å². The van der Waals surface area contributed by atoms with E-state index >= 15 is 0 Å². The molecule has 0 atom stereocenters. The molecule has 4 heterocycles. The molecule has 0 unspecified atom stereocenters. The second-order valence-corrected chi connectivity index (χ2v) is 16.8. The molecule has 2 aromatic carbocycles. The first-order valence-corrected chi connectivity index (χ1v) is 17.5. The van der Waals surface area contributed by atoms with Crippen LogP contribution in [0.4, 0.5) is 4.39 Å².